The zero-order chi connectivity index (χ0) is 19.3. The molecule has 0 saturated carbocycles. The first kappa shape index (κ1) is 19.2. The Morgan fingerprint density at radius 1 is 0.808 bits per heavy atom. The van der Waals surface area contributed by atoms with Crippen molar-refractivity contribution in [1.29, 1.82) is 0 Å². The third-order valence-corrected chi connectivity index (χ3v) is 3.60. The summed E-state index contributed by atoms with van der Waals surface area (Å²) in [4.78, 5) is 12.4. The van der Waals surface area contributed by atoms with Crippen LogP contribution in [0.25, 0.3) is 6.08 Å². The molecule has 0 aliphatic rings. The Morgan fingerprint density at radius 3 is 1.73 bits per heavy atom. The molecule has 26 heavy (non-hydrogen) atoms. The summed E-state index contributed by atoms with van der Waals surface area (Å²) in [6.07, 6.45) is 2.50. The number of rotatable bonds is 7. The van der Waals surface area contributed by atoms with E-state index >= 15 is 0 Å². The lowest BCUT2D eigenvalue weighted by Crippen LogP contribution is -2.00. The van der Waals surface area contributed by atoms with E-state index in [0.717, 1.165) is 12.1 Å². The van der Waals surface area contributed by atoms with Crippen molar-refractivity contribution in [2.24, 2.45) is 0 Å². The van der Waals surface area contributed by atoms with Gasteiger partial charge in [0, 0.05) is 5.56 Å². The highest BCUT2D eigenvalue weighted by Crippen LogP contribution is 2.38. The van der Waals surface area contributed by atoms with E-state index in [9.17, 15) is 13.6 Å². The standard InChI is InChI=1S/C19H18F2O5/c1-23-16-9-12(10-17(24-2)19(16)26-4)15(22)6-5-11-7-13(20)18(25-3)14(21)8-11/h5-10H,1-4H3/b6-5+. The van der Waals surface area contributed by atoms with Gasteiger partial charge in [-0.1, -0.05) is 6.08 Å². The van der Waals surface area contributed by atoms with Crippen LogP contribution >= 0.6 is 0 Å². The van der Waals surface area contributed by atoms with E-state index in [1.165, 1.54) is 52.7 Å². The fourth-order valence-corrected chi connectivity index (χ4v) is 2.36. The fraction of sp³-hybridized carbons (Fsp3) is 0.211. The Labute approximate surface area is 149 Å². The quantitative estimate of drug-likeness (QED) is 0.551. The number of benzene rings is 2. The minimum atomic E-state index is -0.854. The van der Waals surface area contributed by atoms with Crippen LogP contribution in [0.3, 0.4) is 0 Å². The van der Waals surface area contributed by atoms with E-state index in [1.807, 2.05) is 0 Å². The molecule has 0 N–H and O–H groups in total. The van der Waals surface area contributed by atoms with Crippen LogP contribution < -0.4 is 18.9 Å². The molecular weight excluding hydrogens is 346 g/mol. The predicted octanol–water partition coefficient (Wildman–Crippen LogP) is 3.90. The molecule has 5 nitrogen and oxygen atoms in total. The van der Waals surface area contributed by atoms with Crippen LogP contribution in [0.1, 0.15) is 15.9 Å². The maximum absolute atomic E-state index is 13.7. The number of hydrogen-bond acceptors (Lipinski definition) is 5. The Balaban J connectivity index is 2.34. The van der Waals surface area contributed by atoms with Gasteiger partial charge in [0.2, 0.25) is 5.75 Å². The number of carbonyl (C=O) groups is 1. The average molecular weight is 364 g/mol. The second-order valence-electron chi connectivity index (χ2n) is 5.13. The summed E-state index contributed by atoms with van der Waals surface area (Å²) in [5, 5.41) is 0. The Morgan fingerprint density at radius 2 is 1.31 bits per heavy atom. The number of halogens is 2. The first-order chi connectivity index (χ1) is 12.4. The van der Waals surface area contributed by atoms with Gasteiger partial charge in [0.05, 0.1) is 28.4 Å². The van der Waals surface area contributed by atoms with Gasteiger partial charge in [0.25, 0.3) is 0 Å². The molecule has 0 spiro atoms. The third-order valence-electron chi connectivity index (χ3n) is 3.60. The molecule has 0 aromatic heterocycles. The molecular formula is C19H18F2O5. The first-order valence-electron chi connectivity index (χ1n) is 7.50. The van der Waals surface area contributed by atoms with Gasteiger partial charge in [0.1, 0.15) is 0 Å². The normalized spacial score (nSPS) is 10.7. The van der Waals surface area contributed by atoms with Gasteiger partial charge in [-0.2, -0.15) is 0 Å². The molecule has 0 saturated heterocycles. The van der Waals surface area contributed by atoms with Crippen molar-refractivity contribution >= 4 is 11.9 Å². The third kappa shape index (κ3) is 3.93. The zero-order valence-electron chi connectivity index (χ0n) is 14.8. The molecule has 0 aliphatic carbocycles. The van der Waals surface area contributed by atoms with Crippen molar-refractivity contribution in [3.8, 4) is 23.0 Å². The summed E-state index contributed by atoms with van der Waals surface area (Å²) in [6, 6.07) is 5.12. The highest BCUT2D eigenvalue weighted by molar-refractivity contribution is 6.07. The summed E-state index contributed by atoms with van der Waals surface area (Å²) >= 11 is 0. The second kappa shape index (κ2) is 8.33. The molecule has 0 amide bonds. The van der Waals surface area contributed by atoms with Gasteiger partial charge in [0.15, 0.2) is 34.7 Å². The topological polar surface area (TPSA) is 54.0 Å². The molecule has 0 atom stereocenters. The van der Waals surface area contributed by atoms with Crippen LogP contribution in [-0.4, -0.2) is 34.2 Å². The average Bonchev–Trinajstić information content (AvgIpc) is 2.64. The summed E-state index contributed by atoms with van der Waals surface area (Å²) in [6.45, 7) is 0. The highest BCUT2D eigenvalue weighted by Gasteiger charge is 2.16. The number of ketones is 1. The molecule has 2 rings (SSSR count). The second-order valence-corrected chi connectivity index (χ2v) is 5.13. The number of hydrogen-bond donors (Lipinski definition) is 0. The van der Waals surface area contributed by atoms with Crippen molar-refractivity contribution in [3.05, 3.63) is 53.1 Å². The first-order valence-corrected chi connectivity index (χ1v) is 7.50. The molecule has 0 heterocycles. The lowest BCUT2D eigenvalue weighted by atomic mass is 10.1. The lowest BCUT2D eigenvalue weighted by molar-refractivity contribution is 0.104. The van der Waals surface area contributed by atoms with Crippen LogP contribution in [0.2, 0.25) is 0 Å². The number of allylic oxidation sites excluding steroid dienone is 1. The molecule has 2 aromatic rings. The van der Waals surface area contributed by atoms with Gasteiger partial charge in [-0.3, -0.25) is 4.79 Å². The van der Waals surface area contributed by atoms with E-state index in [2.05, 4.69) is 4.74 Å². The largest absolute Gasteiger partial charge is 0.493 e. The van der Waals surface area contributed by atoms with Crippen LogP contribution in [0.15, 0.2) is 30.3 Å². The van der Waals surface area contributed by atoms with Gasteiger partial charge in [-0.25, -0.2) is 8.78 Å². The molecule has 0 fully saturated rings. The van der Waals surface area contributed by atoms with Crippen LogP contribution in [0.4, 0.5) is 8.78 Å². The Bertz CT molecular complexity index is 798. The molecule has 0 aliphatic heterocycles. The van der Waals surface area contributed by atoms with Crippen LogP contribution in [0, 0.1) is 11.6 Å². The van der Waals surface area contributed by atoms with E-state index in [4.69, 9.17) is 14.2 Å². The maximum atomic E-state index is 13.7. The summed E-state index contributed by atoms with van der Waals surface area (Å²) < 4.78 is 47.6. The van der Waals surface area contributed by atoms with Crippen molar-refractivity contribution < 1.29 is 32.5 Å². The van der Waals surface area contributed by atoms with Gasteiger partial charge < -0.3 is 18.9 Å². The van der Waals surface area contributed by atoms with Gasteiger partial charge >= 0.3 is 0 Å². The van der Waals surface area contributed by atoms with E-state index in [-0.39, 0.29) is 11.1 Å². The van der Waals surface area contributed by atoms with Crippen molar-refractivity contribution in [2.45, 2.75) is 0 Å². The Kier molecular flexibility index (Phi) is 6.16. The predicted molar refractivity (Wildman–Crippen MR) is 92.4 cm³/mol. The lowest BCUT2D eigenvalue weighted by Gasteiger charge is -2.13. The zero-order valence-corrected chi connectivity index (χ0v) is 14.8. The summed E-state index contributed by atoms with van der Waals surface area (Å²) in [7, 11) is 5.49. The highest BCUT2D eigenvalue weighted by atomic mass is 19.1. The monoisotopic (exact) mass is 364 g/mol. The number of ether oxygens (including phenoxy) is 4. The maximum Gasteiger partial charge on any atom is 0.203 e. The van der Waals surface area contributed by atoms with E-state index in [1.54, 1.807) is 0 Å². The fourth-order valence-electron chi connectivity index (χ4n) is 2.36. The van der Waals surface area contributed by atoms with Crippen LogP contribution in [0.5, 0.6) is 23.0 Å². The Hall–Kier alpha value is -3.09. The van der Waals surface area contributed by atoms with Crippen LogP contribution in [-0.2, 0) is 0 Å². The molecule has 0 bridgehead atoms. The molecule has 0 unspecified atom stereocenters. The van der Waals surface area contributed by atoms with E-state index in [0.29, 0.717) is 17.2 Å². The molecule has 7 heteroatoms. The summed E-state index contributed by atoms with van der Waals surface area (Å²) in [5.41, 5.74) is 0.451. The minimum absolute atomic E-state index is 0.182. The molecule has 0 radical (unpaired) electrons. The van der Waals surface area contributed by atoms with Crippen molar-refractivity contribution in [2.75, 3.05) is 28.4 Å². The summed E-state index contributed by atoms with van der Waals surface area (Å²) in [5.74, 6) is -1.58. The SMILES string of the molecule is COc1cc(C(=O)/C=C/c2cc(F)c(OC)c(F)c2)cc(OC)c1OC. The number of carbonyl (C=O) groups excluding carboxylic acids is 1. The number of methoxy groups -OCH3 is 4. The van der Waals surface area contributed by atoms with Crippen molar-refractivity contribution in [1.82, 2.24) is 0 Å². The van der Waals surface area contributed by atoms with Gasteiger partial charge in [-0.15, -0.1) is 0 Å². The van der Waals surface area contributed by atoms with E-state index < -0.39 is 23.2 Å². The molecule has 138 valence electrons. The molecule has 2 aromatic carbocycles. The smallest absolute Gasteiger partial charge is 0.203 e. The minimum Gasteiger partial charge on any atom is -0.493 e. The van der Waals surface area contributed by atoms with Gasteiger partial charge in [-0.05, 0) is 35.9 Å². The van der Waals surface area contributed by atoms with Crippen molar-refractivity contribution in [3.63, 3.8) is 0 Å².